The number of piperazine rings is 1. The first kappa shape index (κ1) is 28.3. The molecule has 0 unspecified atom stereocenters. The second-order valence-corrected chi connectivity index (χ2v) is 10.7. The van der Waals surface area contributed by atoms with Crippen molar-refractivity contribution < 1.29 is 19.1 Å². The molecular formula is C29H40N4O4S. The highest BCUT2D eigenvalue weighted by Gasteiger charge is 2.43. The molecule has 2 aromatic rings. The number of ether oxygens (including phenoxy) is 2. The zero-order valence-electron chi connectivity index (χ0n) is 23.2. The predicted molar refractivity (Wildman–Crippen MR) is 152 cm³/mol. The van der Waals surface area contributed by atoms with Crippen molar-refractivity contribution in [3.05, 3.63) is 53.1 Å². The lowest BCUT2D eigenvalue weighted by molar-refractivity contribution is -0.124. The number of nitrogens with zero attached hydrogens (tertiary/aromatic N) is 3. The van der Waals surface area contributed by atoms with E-state index in [-0.39, 0.29) is 11.8 Å². The molecule has 38 heavy (non-hydrogen) atoms. The first-order valence-electron chi connectivity index (χ1n) is 13.3. The summed E-state index contributed by atoms with van der Waals surface area (Å²) >= 11 is 1.66. The van der Waals surface area contributed by atoms with E-state index in [1.54, 1.807) is 50.1 Å². The lowest BCUT2D eigenvalue weighted by atomic mass is 9.79. The fourth-order valence-electron chi connectivity index (χ4n) is 5.50. The van der Waals surface area contributed by atoms with Gasteiger partial charge in [-0.1, -0.05) is 19.1 Å². The number of hydrogen-bond acceptors (Lipinski definition) is 7. The van der Waals surface area contributed by atoms with Gasteiger partial charge in [-0.25, -0.2) is 0 Å². The quantitative estimate of drug-likeness (QED) is 0.365. The molecule has 9 heteroatoms. The number of rotatable bonds is 10. The van der Waals surface area contributed by atoms with Gasteiger partial charge in [-0.3, -0.25) is 9.59 Å². The Labute approximate surface area is 230 Å². The van der Waals surface area contributed by atoms with Crippen LogP contribution >= 0.6 is 11.8 Å². The third-order valence-electron chi connectivity index (χ3n) is 7.78. The Hall–Kier alpha value is -2.75. The normalized spacial score (nSPS) is 20.2. The molecule has 2 aliphatic heterocycles. The largest absolute Gasteiger partial charge is 0.493 e. The number of carbonyl (C=O) groups excluding carboxylic acids is 2. The van der Waals surface area contributed by atoms with Crippen molar-refractivity contribution in [2.75, 3.05) is 73.3 Å². The van der Waals surface area contributed by atoms with E-state index in [0.717, 1.165) is 56.1 Å². The van der Waals surface area contributed by atoms with Gasteiger partial charge in [0.15, 0.2) is 11.5 Å². The summed E-state index contributed by atoms with van der Waals surface area (Å²) in [6, 6.07) is 11.2. The van der Waals surface area contributed by atoms with E-state index in [0.29, 0.717) is 29.2 Å². The number of carbonyl (C=O) groups is 2. The first-order chi connectivity index (χ1) is 18.4. The summed E-state index contributed by atoms with van der Waals surface area (Å²) < 4.78 is 11.0. The molecule has 1 fully saturated rings. The van der Waals surface area contributed by atoms with Crippen molar-refractivity contribution in [2.24, 2.45) is 0 Å². The molecule has 1 saturated heterocycles. The number of benzene rings is 2. The minimum Gasteiger partial charge on any atom is -0.493 e. The van der Waals surface area contributed by atoms with Crippen LogP contribution in [0.3, 0.4) is 0 Å². The summed E-state index contributed by atoms with van der Waals surface area (Å²) in [5.74, 6) is 0.158. The van der Waals surface area contributed by atoms with Crippen LogP contribution in [0.5, 0.6) is 11.5 Å². The number of fused-ring (bicyclic) bond motifs is 1. The molecule has 206 valence electrons. The summed E-state index contributed by atoms with van der Waals surface area (Å²) in [5, 5.41) is 3.19. The fraction of sp³-hybridized carbons (Fsp3) is 0.517. The van der Waals surface area contributed by atoms with Crippen LogP contribution in [-0.4, -0.2) is 99.9 Å². The van der Waals surface area contributed by atoms with Crippen LogP contribution in [0, 0.1) is 0 Å². The second-order valence-electron chi connectivity index (χ2n) is 9.83. The van der Waals surface area contributed by atoms with Crippen LogP contribution in [0.4, 0.5) is 0 Å². The van der Waals surface area contributed by atoms with E-state index in [4.69, 9.17) is 9.47 Å². The highest BCUT2D eigenvalue weighted by Crippen LogP contribution is 2.45. The van der Waals surface area contributed by atoms with Crippen molar-refractivity contribution in [1.29, 1.82) is 0 Å². The average molecular weight is 541 g/mol. The van der Waals surface area contributed by atoms with Gasteiger partial charge < -0.3 is 29.5 Å². The Morgan fingerprint density at radius 1 is 1.03 bits per heavy atom. The second kappa shape index (κ2) is 12.9. The summed E-state index contributed by atoms with van der Waals surface area (Å²) in [7, 11) is 4.88. The Balaban J connectivity index is 1.58. The van der Waals surface area contributed by atoms with Gasteiger partial charge in [0.05, 0.1) is 26.2 Å². The lowest BCUT2D eigenvalue weighted by Gasteiger charge is -2.40. The summed E-state index contributed by atoms with van der Waals surface area (Å²) in [4.78, 5) is 35.1. The Bertz CT molecular complexity index is 1120. The third-order valence-corrected chi connectivity index (χ3v) is 8.52. The summed E-state index contributed by atoms with van der Waals surface area (Å²) in [5.41, 5.74) is 2.06. The summed E-state index contributed by atoms with van der Waals surface area (Å²) in [6.07, 6.45) is 2.91. The standard InChI is InChI=1S/C29H40N4O4S/c1-6-32-14-16-33(17-15-32)13-7-12-30-28(34)26-22-18-24(36-3)25(37-4)19-23(22)29(35)31(2)27(26)20-8-10-21(38-5)11-9-20/h8-11,18-19,26-27H,6-7,12-17H2,1-5H3,(H,30,34)/t26-,27-/m1/s1. The van der Waals surface area contributed by atoms with E-state index in [2.05, 4.69) is 22.0 Å². The number of nitrogens with one attached hydrogen (secondary N) is 1. The number of amides is 2. The zero-order chi connectivity index (χ0) is 27.2. The average Bonchev–Trinajstić information content (AvgIpc) is 2.96. The van der Waals surface area contributed by atoms with Gasteiger partial charge in [-0.2, -0.15) is 0 Å². The van der Waals surface area contributed by atoms with Crippen LogP contribution < -0.4 is 14.8 Å². The minimum absolute atomic E-state index is 0.0902. The van der Waals surface area contributed by atoms with E-state index in [1.165, 1.54) is 0 Å². The molecule has 2 aromatic carbocycles. The van der Waals surface area contributed by atoms with Gasteiger partial charge in [-0.05, 0) is 61.2 Å². The van der Waals surface area contributed by atoms with Gasteiger partial charge >= 0.3 is 0 Å². The fourth-order valence-corrected chi connectivity index (χ4v) is 5.91. The first-order valence-corrected chi connectivity index (χ1v) is 14.5. The highest BCUT2D eigenvalue weighted by atomic mass is 32.2. The zero-order valence-corrected chi connectivity index (χ0v) is 24.0. The molecule has 2 amide bonds. The smallest absolute Gasteiger partial charge is 0.254 e. The van der Waals surface area contributed by atoms with E-state index < -0.39 is 12.0 Å². The lowest BCUT2D eigenvalue weighted by Crippen LogP contribution is -2.47. The SMILES string of the molecule is CCN1CCN(CCCNC(=O)[C@@H]2c3cc(OC)c(OC)cc3C(=O)N(C)[C@@H]2c2ccc(SC)cc2)CC1. The molecule has 0 aromatic heterocycles. The number of thioether (sulfide) groups is 1. The molecule has 0 radical (unpaired) electrons. The van der Waals surface area contributed by atoms with Gasteiger partial charge in [0, 0.05) is 50.2 Å². The Morgan fingerprint density at radius 3 is 2.26 bits per heavy atom. The number of likely N-dealkylation sites (N-methyl/N-ethyl adjacent to an activating group) is 2. The van der Waals surface area contributed by atoms with E-state index in [9.17, 15) is 9.59 Å². The summed E-state index contributed by atoms with van der Waals surface area (Å²) in [6.45, 7) is 9.19. The van der Waals surface area contributed by atoms with Crippen molar-refractivity contribution in [3.8, 4) is 11.5 Å². The molecule has 0 aliphatic carbocycles. The maximum atomic E-state index is 13.9. The van der Waals surface area contributed by atoms with Crippen molar-refractivity contribution >= 4 is 23.6 Å². The van der Waals surface area contributed by atoms with Crippen LogP contribution in [0.2, 0.25) is 0 Å². The van der Waals surface area contributed by atoms with Crippen LogP contribution in [0.1, 0.15) is 46.8 Å². The maximum absolute atomic E-state index is 13.9. The minimum atomic E-state index is -0.583. The van der Waals surface area contributed by atoms with E-state index >= 15 is 0 Å². The molecule has 0 saturated carbocycles. The molecule has 2 atom stereocenters. The highest BCUT2D eigenvalue weighted by molar-refractivity contribution is 7.98. The Kier molecular flexibility index (Phi) is 9.57. The van der Waals surface area contributed by atoms with Gasteiger partial charge in [0.2, 0.25) is 5.91 Å². The topological polar surface area (TPSA) is 74.4 Å². The molecule has 2 heterocycles. The monoisotopic (exact) mass is 540 g/mol. The molecule has 8 nitrogen and oxygen atoms in total. The van der Waals surface area contributed by atoms with Crippen molar-refractivity contribution in [3.63, 3.8) is 0 Å². The van der Waals surface area contributed by atoms with Gasteiger partial charge in [0.25, 0.3) is 5.91 Å². The molecular weight excluding hydrogens is 500 g/mol. The molecule has 0 bridgehead atoms. The van der Waals surface area contributed by atoms with Crippen LogP contribution in [0.15, 0.2) is 41.3 Å². The van der Waals surface area contributed by atoms with Gasteiger partial charge in [0.1, 0.15) is 0 Å². The van der Waals surface area contributed by atoms with Crippen molar-refractivity contribution in [1.82, 2.24) is 20.0 Å². The Morgan fingerprint density at radius 2 is 1.66 bits per heavy atom. The maximum Gasteiger partial charge on any atom is 0.254 e. The number of methoxy groups -OCH3 is 2. The van der Waals surface area contributed by atoms with E-state index in [1.807, 2.05) is 30.5 Å². The van der Waals surface area contributed by atoms with Crippen LogP contribution in [-0.2, 0) is 4.79 Å². The number of hydrogen-bond donors (Lipinski definition) is 1. The van der Waals surface area contributed by atoms with Crippen LogP contribution in [0.25, 0.3) is 0 Å². The molecule has 2 aliphatic rings. The third kappa shape index (κ3) is 5.95. The van der Waals surface area contributed by atoms with Crippen molar-refractivity contribution in [2.45, 2.75) is 30.2 Å². The molecule has 4 rings (SSSR count). The molecule has 0 spiro atoms. The predicted octanol–water partition coefficient (Wildman–Crippen LogP) is 3.48. The van der Waals surface area contributed by atoms with Gasteiger partial charge in [-0.15, -0.1) is 11.8 Å². The molecule has 1 N–H and O–H groups in total.